The molecule has 0 aliphatic heterocycles. The highest BCUT2D eigenvalue weighted by atomic mass is 32.1. The third-order valence-electron chi connectivity index (χ3n) is 4.32. The van der Waals surface area contributed by atoms with E-state index in [1.807, 2.05) is 36.6 Å². The highest BCUT2D eigenvalue weighted by Gasteiger charge is 2.14. The predicted molar refractivity (Wildman–Crippen MR) is 112 cm³/mol. The van der Waals surface area contributed by atoms with Gasteiger partial charge in [-0.2, -0.15) is 0 Å². The molecule has 5 heteroatoms. The molecule has 0 radical (unpaired) electrons. The number of aryl methyl sites for hydroxylation is 1. The molecule has 4 nitrogen and oxygen atoms in total. The van der Waals surface area contributed by atoms with E-state index >= 15 is 0 Å². The molecule has 2 amide bonds. The number of carbonyl (C=O) groups excluding carboxylic acids is 2. The molecule has 0 saturated carbocycles. The average Bonchev–Trinajstić information content (AvgIpc) is 3.18. The minimum atomic E-state index is -0.165. The molecule has 3 aromatic rings. The Morgan fingerprint density at radius 3 is 2.26 bits per heavy atom. The summed E-state index contributed by atoms with van der Waals surface area (Å²) in [7, 11) is 0. The summed E-state index contributed by atoms with van der Waals surface area (Å²) in [5.74, 6) is 0.000982. The molecule has 0 bridgehead atoms. The fourth-order valence-corrected chi connectivity index (χ4v) is 3.45. The van der Waals surface area contributed by atoms with Gasteiger partial charge in [0.2, 0.25) is 0 Å². The fourth-order valence-electron chi connectivity index (χ4n) is 2.83. The number of hydrogen-bond acceptors (Lipinski definition) is 3. The van der Waals surface area contributed by atoms with E-state index in [1.165, 1.54) is 11.3 Å². The zero-order valence-corrected chi connectivity index (χ0v) is 16.4. The van der Waals surface area contributed by atoms with Crippen molar-refractivity contribution in [2.24, 2.45) is 0 Å². The van der Waals surface area contributed by atoms with Gasteiger partial charge in [-0.05, 0) is 59.7 Å². The minimum Gasteiger partial charge on any atom is -0.321 e. The van der Waals surface area contributed by atoms with Crippen molar-refractivity contribution >= 4 is 34.5 Å². The largest absolute Gasteiger partial charge is 0.321 e. The van der Waals surface area contributed by atoms with E-state index in [1.54, 1.807) is 30.3 Å². The van der Waals surface area contributed by atoms with Gasteiger partial charge in [0.15, 0.2) is 0 Å². The van der Waals surface area contributed by atoms with Gasteiger partial charge in [0.05, 0.1) is 4.88 Å². The molecule has 0 aliphatic rings. The van der Waals surface area contributed by atoms with Gasteiger partial charge in [-0.25, -0.2) is 0 Å². The molecule has 27 heavy (non-hydrogen) atoms. The molecule has 0 spiro atoms. The highest BCUT2D eigenvalue weighted by Crippen LogP contribution is 2.28. The van der Waals surface area contributed by atoms with Crippen molar-refractivity contribution in [2.45, 2.75) is 26.7 Å². The number of amides is 2. The summed E-state index contributed by atoms with van der Waals surface area (Å²) < 4.78 is 0. The third-order valence-corrected chi connectivity index (χ3v) is 5.18. The molecular weight excluding hydrogens is 356 g/mol. The normalized spacial score (nSPS) is 10.7. The molecule has 0 fully saturated rings. The van der Waals surface area contributed by atoms with Crippen molar-refractivity contribution in [1.29, 1.82) is 0 Å². The van der Waals surface area contributed by atoms with Gasteiger partial charge in [-0.1, -0.05) is 38.1 Å². The second-order valence-electron chi connectivity index (χ2n) is 6.66. The summed E-state index contributed by atoms with van der Waals surface area (Å²) in [6.07, 6.45) is 0. The van der Waals surface area contributed by atoms with Gasteiger partial charge in [0.25, 0.3) is 11.8 Å². The maximum absolute atomic E-state index is 12.7. The number of nitrogens with one attached hydrogen (secondary N) is 2. The molecule has 2 N–H and O–H groups in total. The molecule has 0 saturated heterocycles. The van der Waals surface area contributed by atoms with Gasteiger partial charge in [-0.15, -0.1) is 11.3 Å². The standard InChI is InChI=1S/C22H22N2O2S/c1-14(2)18-7-4-6-15(3)20(18)24-21(25)16-9-11-17(12-10-16)23-22(26)19-8-5-13-27-19/h4-14H,1-3H3,(H,23,26)(H,24,25). The van der Waals surface area contributed by atoms with Gasteiger partial charge in [0.1, 0.15) is 0 Å². The molecule has 3 rings (SSSR count). The van der Waals surface area contributed by atoms with E-state index in [2.05, 4.69) is 24.5 Å². The predicted octanol–water partition coefficient (Wildman–Crippen LogP) is 5.68. The second-order valence-corrected chi connectivity index (χ2v) is 7.60. The van der Waals surface area contributed by atoms with Crippen LogP contribution in [0.25, 0.3) is 0 Å². The summed E-state index contributed by atoms with van der Waals surface area (Å²) in [6.45, 7) is 6.20. The van der Waals surface area contributed by atoms with Crippen molar-refractivity contribution in [1.82, 2.24) is 0 Å². The van der Waals surface area contributed by atoms with E-state index in [0.29, 0.717) is 22.0 Å². The van der Waals surface area contributed by atoms with Crippen molar-refractivity contribution in [3.05, 3.63) is 81.5 Å². The Morgan fingerprint density at radius 2 is 1.63 bits per heavy atom. The molecule has 2 aromatic carbocycles. The molecule has 0 unspecified atom stereocenters. The lowest BCUT2D eigenvalue weighted by Gasteiger charge is -2.16. The van der Waals surface area contributed by atoms with E-state index in [-0.39, 0.29) is 11.8 Å². The quantitative estimate of drug-likeness (QED) is 0.600. The molecule has 138 valence electrons. The maximum atomic E-state index is 12.7. The molecule has 0 atom stereocenters. The number of carbonyl (C=O) groups is 2. The number of anilines is 2. The van der Waals surface area contributed by atoms with Gasteiger partial charge in [0, 0.05) is 16.9 Å². The first-order valence-electron chi connectivity index (χ1n) is 8.81. The van der Waals surface area contributed by atoms with Crippen LogP contribution in [-0.4, -0.2) is 11.8 Å². The van der Waals surface area contributed by atoms with E-state index < -0.39 is 0 Å². The zero-order valence-electron chi connectivity index (χ0n) is 15.6. The number of para-hydroxylation sites is 1. The highest BCUT2D eigenvalue weighted by molar-refractivity contribution is 7.12. The van der Waals surface area contributed by atoms with Crippen molar-refractivity contribution in [3.8, 4) is 0 Å². The lowest BCUT2D eigenvalue weighted by Crippen LogP contribution is -2.15. The van der Waals surface area contributed by atoms with Crippen LogP contribution >= 0.6 is 11.3 Å². The Kier molecular flexibility index (Phi) is 5.72. The summed E-state index contributed by atoms with van der Waals surface area (Å²) >= 11 is 1.39. The number of hydrogen-bond donors (Lipinski definition) is 2. The van der Waals surface area contributed by atoms with Crippen molar-refractivity contribution in [2.75, 3.05) is 10.6 Å². The number of rotatable bonds is 5. The lowest BCUT2D eigenvalue weighted by molar-refractivity contribution is 0.102. The first-order valence-corrected chi connectivity index (χ1v) is 9.69. The summed E-state index contributed by atoms with van der Waals surface area (Å²) in [5, 5.41) is 7.73. The molecule has 0 aliphatic carbocycles. The van der Waals surface area contributed by atoms with Crippen LogP contribution in [0.1, 0.15) is 50.9 Å². The van der Waals surface area contributed by atoms with Crippen LogP contribution in [0.5, 0.6) is 0 Å². The Hall–Kier alpha value is -2.92. The smallest absolute Gasteiger partial charge is 0.265 e. The topological polar surface area (TPSA) is 58.2 Å². The van der Waals surface area contributed by atoms with Crippen LogP contribution in [0.3, 0.4) is 0 Å². The van der Waals surface area contributed by atoms with Crippen molar-refractivity contribution in [3.63, 3.8) is 0 Å². The summed E-state index contributed by atoms with van der Waals surface area (Å²) in [4.78, 5) is 25.4. The van der Waals surface area contributed by atoms with Crippen LogP contribution in [0, 0.1) is 6.92 Å². The Balaban J connectivity index is 1.72. The summed E-state index contributed by atoms with van der Waals surface area (Å²) in [6, 6.07) is 16.6. The molecule has 1 heterocycles. The van der Waals surface area contributed by atoms with Crippen LogP contribution in [0.2, 0.25) is 0 Å². The van der Waals surface area contributed by atoms with Crippen LogP contribution in [0.15, 0.2) is 60.0 Å². The van der Waals surface area contributed by atoms with Crippen LogP contribution in [-0.2, 0) is 0 Å². The van der Waals surface area contributed by atoms with Crippen LogP contribution < -0.4 is 10.6 Å². The Bertz CT molecular complexity index is 945. The fraction of sp³-hybridized carbons (Fsp3) is 0.182. The summed E-state index contributed by atoms with van der Waals surface area (Å²) in [5.41, 5.74) is 4.22. The number of thiophene rings is 1. The average molecular weight is 378 g/mol. The Morgan fingerprint density at radius 1 is 0.889 bits per heavy atom. The van der Waals surface area contributed by atoms with E-state index in [4.69, 9.17) is 0 Å². The van der Waals surface area contributed by atoms with E-state index in [9.17, 15) is 9.59 Å². The SMILES string of the molecule is Cc1cccc(C(C)C)c1NC(=O)c1ccc(NC(=O)c2cccs2)cc1. The van der Waals surface area contributed by atoms with Crippen molar-refractivity contribution < 1.29 is 9.59 Å². The van der Waals surface area contributed by atoms with E-state index in [0.717, 1.165) is 16.8 Å². The third kappa shape index (κ3) is 4.44. The minimum absolute atomic E-state index is 0.149. The second kappa shape index (κ2) is 8.18. The first kappa shape index (κ1) is 18.9. The first-order chi connectivity index (χ1) is 13.0. The number of benzene rings is 2. The monoisotopic (exact) mass is 378 g/mol. The van der Waals surface area contributed by atoms with Crippen LogP contribution in [0.4, 0.5) is 11.4 Å². The van der Waals surface area contributed by atoms with Gasteiger partial charge < -0.3 is 10.6 Å². The lowest BCUT2D eigenvalue weighted by atomic mass is 9.98. The van der Waals surface area contributed by atoms with Gasteiger partial charge >= 0.3 is 0 Å². The molecular formula is C22H22N2O2S. The zero-order chi connectivity index (χ0) is 19.4. The maximum Gasteiger partial charge on any atom is 0.265 e. The Labute approximate surface area is 163 Å². The van der Waals surface area contributed by atoms with Gasteiger partial charge in [-0.3, -0.25) is 9.59 Å². The molecule has 1 aromatic heterocycles.